The summed E-state index contributed by atoms with van der Waals surface area (Å²) < 4.78 is 0. The summed E-state index contributed by atoms with van der Waals surface area (Å²) in [7, 11) is 0. The van der Waals surface area contributed by atoms with Gasteiger partial charge in [-0.2, -0.15) is 5.75 Å². The molecule has 2 heteroatoms. The van der Waals surface area contributed by atoms with Crippen LogP contribution in [0.3, 0.4) is 0 Å². The van der Waals surface area contributed by atoms with Crippen molar-refractivity contribution in [3.8, 4) is 0 Å². The van der Waals surface area contributed by atoms with Crippen LogP contribution in [0.4, 0.5) is 0 Å². The van der Waals surface area contributed by atoms with Crippen LogP contribution in [-0.4, -0.2) is 0 Å². The second kappa shape index (κ2) is 5.25. The minimum atomic E-state index is 0. The van der Waals surface area contributed by atoms with Crippen molar-refractivity contribution in [2.75, 3.05) is 0 Å². The Morgan fingerprint density at radius 2 is 1.70 bits per heavy atom. The van der Waals surface area contributed by atoms with E-state index in [0.29, 0.717) is 0 Å². The second-order valence-corrected chi connectivity index (χ2v) is 2.42. The van der Waals surface area contributed by atoms with E-state index in [1.165, 1.54) is 11.1 Å². The molecule has 0 N–H and O–H groups in total. The molecule has 0 fully saturated rings. The van der Waals surface area contributed by atoms with Crippen molar-refractivity contribution in [1.82, 2.24) is 0 Å². The molecule has 1 rings (SSSR count). The monoisotopic (exact) mass is 160 g/mol. The summed E-state index contributed by atoms with van der Waals surface area (Å²) in [5.74, 6) is 0.722. The molecule has 0 aromatic heterocycles. The molecule has 0 bridgehead atoms. The Labute approximate surface area is 89.7 Å². The molecule has 0 aliphatic heterocycles. The van der Waals surface area contributed by atoms with Crippen LogP contribution in [0.25, 0.3) is 0 Å². The Kier molecular flexibility index (Phi) is 5.55. The molecule has 0 aliphatic carbocycles. The van der Waals surface area contributed by atoms with Gasteiger partial charge < -0.3 is 12.6 Å². The minimum absolute atomic E-state index is 0. The van der Waals surface area contributed by atoms with Crippen LogP contribution in [-0.2, 0) is 18.4 Å². The van der Waals surface area contributed by atoms with Crippen LogP contribution < -0.4 is 29.6 Å². The number of hydrogen-bond acceptors (Lipinski definition) is 1. The fourth-order valence-electron chi connectivity index (χ4n) is 0.684. The normalized spacial score (nSPS) is 8.60. The molecule has 0 amide bonds. The van der Waals surface area contributed by atoms with E-state index in [1.807, 2.05) is 0 Å². The topological polar surface area (TPSA) is 0 Å². The van der Waals surface area contributed by atoms with E-state index in [1.54, 1.807) is 0 Å². The van der Waals surface area contributed by atoms with Crippen molar-refractivity contribution >= 4 is 12.6 Å². The number of hydrogen-bond donors (Lipinski definition) is 0. The van der Waals surface area contributed by atoms with Gasteiger partial charge in [-0.3, -0.25) is 0 Å². The Morgan fingerprint density at radius 3 is 2.10 bits per heavy atom. The Bertz CT molecular complexity index is 181. The molecule has 0 radical (unpaired) electrons. The van der Waals surface area contributed by atoms with Crippen molar-refractivity contribution in [3.63, 3.8) is 0 Å². The van der Waals surface area contributed by atoms with Crippen molar-refractivity contribution < 1.29 is 29.6 Å². The second-order valence-electron chi connectivity index (χ2n) is 2.13. The van der Waals surface area contributed by atoms with Crippen LogP contribution in [0.1, 0.15) is 11.1 Å². The maximum absolute atomic E-state index is 4.86. The van der Waals surface area contributed by atoms with Gasteiger partial charge in [0.05, 0.1) is 0 Å². The van der Waals surface area contributed by atoms with E-state index in [9.17, 15) is 0 Å². The maximum atomic E-state index is 4.86. The predicted molar refractivity (Wildman–Crippen MR) is 42.2 cm³/mol. The zero-order valence-corrected chi connectivity index (χ0v) is 9.24. The van der Waals surface area contributed by atoms with Crippen molar-refractivity contribution in [2.45, 2.75) is 12.7 Å². The molecule has 0 aliphatic rings. The molecule has 0 saturated heterocycles. The van der Waals surface area contributed by atoms with Gasteiger partial charge in [-0.15, -0.1) is 0 Å². The SMILES string of the molecule is Cc1ccc(C[S-])cc1.[Na+]. The van der Waals surface area contributed by atoms with Crippen LogP contribution in [0.2, 0.25) is 0 Å². The van der Waals surface area contributed by atoms with E-state index in [2.05, 4.69) is 31.2 Å². The average Bonchev–Trinajstić information content (AvgIpc) is 1.90. The summed E-state index contributed by atoms with van der Waals surface area (Å²) in [6.45, 7) is 2.08. The van der Waals surface area contributed by atoms with E-state index in [4.69, 9.17) is 12.6 Å². The molecule has 1 aromatic rings. The zero-order valence-electron chi connectivity index (χ0n) is 6.42. The summed E-state index contributed by atoms with van der Waals surface area (Å²) in [4.78, 5) is 0. The van der Waals surface area contributed by atoms with Crippen LogP contribution in [0.5, 0.6) is 0 Å². The third-order valence-electron chi connectivity index (χ3n) is 1.29. The van der Waals surface area contributed by atoms with E-state index >= 15 is 0 Å². The number of benzene rings is 1. The summed E-state index contributed by atoms with van der Waals surface area (Å²) >= 11 is 4.86. The van der Waals surface area contributed by atoms with Gasteiger partial charge in [-0.05, 0) is 6.92 Å². The molecule has 1 aromatic carbocycles. The standard InChI is InChI=1S/C8H10S.Na/c1-7-2-4-8(6-9)5-3-7;/h2-5,9H,6H2,1H3;/q;+1/p-1. The van der Waals surface area contributed by atoms with Gasteiger partial charge in [0.2, 0.25) is 0 Å². The molecule has 0 spiro atoms. The van der Waals surface area contributed by atoms with Crippen LogP contribution in [0, 0.1) is 6.92 Å². The first-order valence-corrected chi connectivity index (χ1v) is 3.54. The van der Waals surface area contributed by atoms with Crippen LogP contribution >= 0.6 is 0 Å². The first-order valence-electron chi connectivity index (χ1n) is 2.96. The molecular weight excluding hydrogens is 151 g/mol. The predicted octanol–water partition coefficient (Wildman–Crippen LogP) is -0.954. The molecular formula is C8H9NaS. The third-order valence-corrected chi connectivity index (χ3v) is 1.62. The van der Waals surface area contributed by atoms with Gasteiger partial charge in [-0.25, -0.2) is 0 Å². The Balaban J connectivity index is 0.000000810. The van der Waals surface area contributed by atoms with E-state index in [-0.39, 0.29) is 29.6 Å². The fourth-order valence-corrected chi connectivity index (χ4v) is 0.877. The van der Waals surface area contributed by atoms with Gasteiger partial charge in [0.25, 0.3) is 0 Å². The van der Waals surface area contributed by atoms with Crippen LogP contribution in [0.15, 0.2) is 24.3 Å². The van der Waals surface area contributed by atoms with Gasteiger partial charge >= 0.3 is 29.6 Å². The molecule has 0 heterocycles. The van der Waals surface area contributed by atoms with E-state index in [0.717, 1.165) is 5.75 Å². The quantitative estimate of drug-likeness (QED) is 0.377. The summed E-state index contributed by atoms with van der Waals surface area (Å²) in [5.41, 5.74) is 2.53. The van der Waals surface area contributed by atoms with Crippen molar-refractivity contribution in [2.24, 2.45) is 0 Å². The molecule has 0 nitrogen and oxygen atoms in total. The molecule has 10 heavy (non-hydrogen) atoms. The third kappa shape index (κ3) is 3.11. The molecule has 48 valence electrons. The van der Waals surface area contributed by atoms with Crippen molar-refractivity contribution in [3.05, 3.63) is 35.4 Å². The first-order chi connectivity index (χ1) is 4.33. The maximum Gasteiger partial charge on any atom is 1.00 e. The molecule has 0 unspecified atom stereocenters. The summed E-state index contributed by atoms with van der Waals surface area (Å²) in [6.07, 6.45) is 0. The summed E-state index contributed by atoms with van der Waals surface area (Å²) in [5, 5.41) is 0. The number of rotatable bonds is 1. The number of aryl methyl sites for hydroxylation is 1. The van der Waals surface area contributed by atoms with Gasteiger partial charge in [0.15, 0.2) is 0 Å². The zero-order chi connectivity index (χ0) is 6.69. The summed E-state index contributed by atoms with van der Waals surface area (Å²) in [6, 6.07) is 8.31. The van der Waals surface area contributed by atoms with E-state index < -0.39 is 0 Å². The fraction of sp³-hybridized carbons (Fsp3) is 0.250. The average molecular weight is 160 g/mol. The molecule has 0 saturated carbocycles. The van der Waals surface area contributed by atoms with Gasteiger partial charge in [0, 0.05) is 0 Å². The first kappa shape index (κ1) is 10.6. The van der Waals surface area contributed by atoms with Crippen molar-refractivity contribution in [1.29, 1.82) is 0 Å². The minimum Gasteiger partial charge on any atom is -0.788 e. The Morgan fingerprint density at radius 1 is 1.20 bits per heavy atom. The van der Waals surface area contributed by atoms with Gasteiger partial charge in [-0.1, -0.05) is 35.4 Å². The largest absolute Gasteiger partial charge is 1.00 e. The molecule has 0 atom stereocenters. The Hall–Kier alpha value is 0.570. The smallest absolute Gasteiger partial charge is 0.788 e. The van der Waals surface area contributed by atoms with Gasteiger partial charge in [0.1, 0.15) is 0 Å².